The first-order valence-electron chi connectivity index (χ1n) is 9.03. The summed E-state index contributed by atoms with van der Waals surface area (Å²) in [6.07, 6.45) is 1.59. The van der Waals surface area contributed by atoms with Crippen LogP contribution >= 0.6 is 11.6 Å². The molecule has 1 unspecified atom stereocenters. The van der Waals surface area contributed by atoms with Crippen molar-refractivity contribution in [2.45, 2.75) is 6.04 Å². The second-order valence-electron chi connectivity index (χ2n) is 6.90. The van der Waals surface area contributed by atoms with Gasteiger partial charge in [0.25, 0.3) is 11.7 Å². The molecule has 0 bridgehead atoms. The number of amides is 1. The van der Waals surface area contributed by atoms with E-state index in [1.165, 1.54) is 18.1 Å². The molecule has 2 heterocycles. The molecule has 1 atom stereocenters. The molecule has 8 heteroatoms. The molecule has 1 aromatic heterocycles. The highest BCUT2D eigenvalue weighted by Crippen LogP contribution is 2.39. The first-order chi connectivity index (χ1) is 13.8. The molecule has 0 aliphatic carbocycles. The maximum absolute atomic E-state index is 12.9. The number of Topliss-reactive ketones (excluding diaryl/α,β-unsaturated/α-hetero) is 1. The van der Waals surface area contributed by atoms with Gasteiger partial charge < -0.3 is 19.6 Å². The minimum Gasteiger partial charge on any atom is -0.507 e. The quantitative estimate of drug-likeness (QED) is 0.443. The van der Waals surface area contributed by atoms with Crippen molar-refractivity contribution >= 4 is 29.1 Å². The SMILES string of the molecule is COc1cc(/C(O)=C2/C(=O)C(=O)N(CCN(C)C)C2c2ccccn2)ccc1Cl. The lowest BCUT2D eigenvalue weighted by Gasteiger charge is -2.25. The van der Waals surface area contributed by atoms with Crippen molar-refractivity contribution < 1.29 is 19.4 Å². The van der Waals surface area contributed by atoms with Gasteiger partial charge in [-0.15, -0.1) is 0 Å². The highest BCUT2D eigenvalue weighted by molar-refractivity contribution is 6.46. The number of nitrogens with zero attached hydrogens (tertiary/aromatic N) is 3. The van der Waals surface area contributed by atoms with Crippen LogP contribution in [0.25, 0.3) is 5.76 Å². The third-order valence-corrected chi connectivity index (χ3v) is 5.03. The van der Waals surface area contributed by atoms with Crippen LogP contribution in [0.2, 0.25) is 5.02 Å². The second-order valence-corrected chi connectivity index (χ2v) is 7.31. The van der Waals surface area contributed by atoms with Gasteiger partial charge in [0.15, 0.2) is 0 Å². The zero-order valence-corrected chi connectivity index (χ0v) is 17.2. The molecule has 152 valence electrons. The van der Waals surface area contributed by atoms with E-state index in [1.807, 2.05) is 19.0 Å². The van der Waals surface area contributed by atoms with Gasteiger partial charge in [-0.05, 0) is 44.4 Å². The van der Waals surface area contributed by atoms with Crippen molar-refractivity contribution in [3.8, 4) is 5.75 Å². The molecule has 1 saturated heterocycles. The number of benzene rings is 1. The Balaban J connectivity index is 2.14. The van der Waals surface area contributed by atoms with Gasteiger partial charge in [0.05, 0.1) is 23.4 Å². The van der Waals surface area contributed by atoms with Crippen molar-refractivity contribution in [2.24, 2.45) is 0 Å². The van der Waals surface area contributed by atoms with Crippen LogP contribution in [0.1, 0.15) is 17.3 Å². The summed E-state index contributed by atoms with van der Waals surface area (Å²) >= 11 is 6.06. The Bertz CT molecular complexity index is 960. The number of halogens is 1. The molecule has 1 N–H and O–H groups in total. The predicted octanol–water partition coefficient (Wildman–Crippen LogP) is 2.73. The molecule has 3 rings (SSSR count). The molecule has 0 saturated carbocycles. The molecular weight excluding hydrogens is 394 g/mol. The molecule has 1 aliphatic heterocycles. The van der Waals surface area contributed by atoms with Crippen LogP contribution in [0.3, 0.4) is 0 Å². The fourth-order valence-electron chi connectivity index (χ4n) is 3.23. The van der Waals surface area contributed by atoms with Gasteiger partial charge >= 0.3 is 0 Å². The van der Waals surface area contributed by atoms with E-state index in [4.69, 9.17) is 16.3 Å². The van der Waals surface area contributed by atoms with E-state index in [1.54, 1.807) is 36.5 Å². The van der Waals surface area contributed by atoms with Crippen LogP contribution in [-0.4, -0.2) is 65.9 Å². The van der Waals surface area contributed by atoms with Crippen molar-refractivity contribution in [1.82, 2.24) is 14.8 Å². The lowest BCUT2D eigenvalue weighted by molar-refractivity contribution is -0.140. The average Bonchev–Trinajstić information content (AvgIpc) is 2.97. The largest absolute Gasteiger partial charge is 0.507 e. The summed E-state index contributed by atoms with van der Waals surface area (Å²) in [6.45, 7) is 0.880. The number of hydrogen-bond donors (Lipinski definition) is 1. The molecule has 1 aliphatic rings. The summed E-state index contributed by atoms with van der Waals surface area (Å²) in [5.74, 6) is -1.34. The van der Waals surface area contributed by atoms with Crippen LogP contribution in [0.15, 0.2) is 48.2 Å². The molecule has 1 amide bonds. The Hall–Kier alpha value is -2.90. The predicted molar refractivity (Wildman–Crippen MR) is 110 cm³/mol. The van der Waals surface area contributed by atoms with E-state index in [2.05, 4.69) is 4.98 Å². The summed E-state index contributed by atoms with van der Waals surface area (Å²) in [7, 11) is 5.22. The average molecular weight is 416 g/mol. The first-order valence-corrected chi connectivity index (χ1v) is 9.41. The van der Waals surface area contributed by atoms with E-state index in [9.17, 15) is 14.7 Å². The maximum atomic E-state index is 12.9. The summed E-state index contributed by atoms with van der Waals surface area (Å²) in [5, 5.41) is 11.4. The smallest absolute Gasteiger partial charge is 0.295 e. The second kappa shape index (κ2) is 8.63. The molecule has 1 aromatic carbocycles. The van der Waals surface area contributed by atoms with E-state index in [0.717, 1.165) is 0 Å². The zero-order chi connectivity index (χ0) is 21.1. The summed E-state index contributed by atoms with van der Waals surface area (Å²) < 4.78 is 5.20. The molecule has 0 radical (unpaired) electrons. The molecule has 0 spiro atoms. The summed E-state index contributed by atoms with van der Waals surface area (Å²) in [5.41, 5.74) is 0.836. The number of likely N-dealkylation sites (N-methyl/N-ethyl adjacent to an activating group) is 1. The molecule has 7 nitrogen and oxygen atoms in total. The van der Waals surface area contributed by atoms with E-state index < -0.39 is 17.7 Å². The Morgan fingerprint density at radius 2 is 2.03 bits per heavy atom. The minimum atomic E-state index is -0.780. The number of methoxy groups -OCH3 is 1. The Morgan fingerprint density at radius 1 is 1.28 bits per heavy atom. The third kappa shape index (κ3) is 4.11. The lowest BCUT2D eigenvalue weighted by Crippen LogP contribution is -2.35. The van der Waals surface area contributed by atoms with Crippen LogP contribution in [-0.2, 0) is 9.59 Å². The summed E-state index contributed by atoms with van der Waals surface area (Å²) in [4.78, 5) is 33.3. The molecular formula is C21H22ClN3O4. The van der Waals surface area contributed by atoms with Crippen molar-refractivity contribution in [2.75, 3.05) is 34.3 Å². The number of rotatable bonds is 6. The van der Waals surface area contributed by atoms with Gasteiger partial charge in [0, 0.05) is 24.8 Å². The van der Waals surface area contributed by atoms with Crippen molar-refractivity contribution in [3.63, 3.8) is 0 Å². The number of aliphatic hydroxyl groups is 1. The van der Waals surface area contributed by atoms with E-state index in [-0.39, 0.29) is 11.3 Å². The van der Waals surface area contributed by atoms with Gasteiger partial charge in [-0.25, -0.2) is 0 Å². The summed E-state index contributed by atoms with van der Waals surface area (Å²) in [6, 6.07) is 9.14. The van der Waals surface area contributed by atoms with Crippen molar-refractivity contribution in [3.05, 3.63) is 64.4 Å². The van der Waals surface area contributed by atoms with Crippen LogP contribution in [0.5, 0.6) is 5.75 Å². The van der Waals surface area contributed by atoms with Crippen LogP contribution in [0, 0.1) is 0 Å². The molecule has 1 fully saturated rings. The Labute approximate surface area is 174 Å². The number of likely N-dealkylation sites (tertiary alicyclic amines) is 1. The van der Waals surface area contributed by atoms with Crippen molar-refractivity contribution in [1.29, 1.82) is 0 Å². The number of hydrogen-bond acceptors (Lipinski definition) is 6. The third-order valence-electron chi connectivity index (χ3n) is 4.72. The Morgan fingerprint density at radius 3 is 2.66 bits per heavy atom. The van der Waals surface area contributed by atoms with Gasteiger partial charge in [-0.2, -0.15) is 0 Å². The number of pyridine rings is 1. The number of ketones is 1. The van der Waals surface area contributed by atoms with Gasteiger partial charge in [0.2, 0.25) is 0 Å². The molecule has 2 aromatic rings. The van der Waals surface area contributed by atoms with E-state index >= 15 is 0 Å². The Kier molecular flexibility index (Phi) is 6.20. The topological polar surface area (TPSA) is 83.0 Å². The van der Waals surface area contributed by atoms with Gasteiger partial charge in [-0.3, -0.25) is 14.6 Å². The number of carbonyl (C=O) groups excluding carboxylic acids is 2. The van der Waals surface area contributed by atoms with Crippen LogP contribution in [0.4, 0.5) is 0 Å². The number of ether oxygens (including phenoxy) is 1. The number of aliphatic hydroxyl groups excluding tert-OH is 1. The standard InChI is InChI=1S/C21H22ClN3O4/c1-24(2)10-11-25-18(15-6-4-5-9-23-15)17(20(27)21(25)28)19(26)13-7-8-14(22)16(12-13)29-3/h4-9,12,18,26H,10-11H2,1-3H3/b19-17-. The number of aromatic nitrogens is 1. The highest BCUT2D eigenvalue weighted by atomic mass is 35.5. The monoisotopic (exact) mass is 415 g/mol. The van der Waals surface area contributed by atoms with Crippen LogP contribution < -0.4 is 4.74 Å². The first kappa shape index (κ1) is 20.8. The van der Waals surface area contributed by atoms with Gasteiger partial charge in [-0.1, -0.05) is 17.7 Å². The fourth-order valence-corrected chi connectivity index (χ4v) is 3.42. The van der Waals surface area contributed by atoms with E-state index in [0.29, 0.717) is 35.1 Å². The fraction of sp³-hybridized carbons (Fsp3) is 0.286. The number of carbonyl (C=O) groups is 2. The normalized spacial score (nSPS) is 18.5. The molecule has 29 heavy (non-hydrogen) atoms. The van der Waals surface area contributed by atoms with Gasteiger partial charge in [0.1, 0.15) is 17.6 Å². The minimum absolute atomic E-state index is 0.00293. The lowest BCUT2D eigenvalue weighted by atomic mass is 9.98. The maximum Gasteiger partial charge on any atom is 0.295 e. The highest BCUT2D eigenvalue weighted by Gasteiger charge is 2.46. The zero-order valence-electron chi connectivity index (χ0n) is 16.4.